The van der Waals surface area contributed by atoms with Crippen LogP contribution in [0.4, 0.5) is 5.13 Å². The van der Waals surface area contributed by atoms with Crippen LogP contribution in [-0.4, -0.2) is 28.4 Å². The van der Waals surface area contributed by atoms with Gasteiger partial charge in [0, 0.05) is 0 Å². The summed E-state index contributed by atoms with van der Waals surface area (Å²) in [6, 6.07) is 15.8. The normalized spacial score (nSPS) is 16.1. The summed E-state index contributed by atoms with van der Waals surface area (Å²) in [5.74, 6) is -0.806. The second-order valence-electron chi connectivity index (χ2n) is 7.62. The number of fused-ring (bicyclic) bond motifs is 1. The first-order valence-electron chi connectivity index (χ1n) is 10.4. The highest BCUT2D eigenvalue weighted by atomic mass is 32.1. The summed E-state index contributed by atoms with van der Waals surface area (Å²) in [4.78, 5) is 33.2. The van der Waals surface area contributed by atoms with Gasteiger partial charge in [-0.1, -0.05) is 47.2 Å². The number of benzene rings is 2. The molecule has 1 aliphatic rings. The molecular formula is C25H20N2O4S2. The minimum atomic E-state index is -0.778. The molecule has 4 aromatic rings. The molecule has 8 heteroatoms. The molecular weight excluding hydrogens is 456 g/mol. The molecule has 1 aliphatic heterocycles. The van der Waals surface area contributed by atoms with Gasteiger partial charge in [-0.25, -0.2) is 4.98 Å². The number of hydrogen-bond donors (Lipinski definition) is 1. The number of anilines is 1. The smallest absolute Gasteiger partial charge is 0.296 e. The maximum atomic E-state index is 13.4. The first-order chi connectivity index (χ1) is 16.0. The number of thiophene rings is 1. The number of aromatic nitrogens is 1. The van der Waals surface area contributed by atoms with Crippen LogP contribution in [0.25, 0.3) is 10.2 Å². The number of aryl methyl sites for hydroxylation is 1. The highest BCUT2D eigenvalue weighted by Gasteiger charge is 2.46. The van der Waals surface area contributed by atoms with E-state index in [1.807, 2.05) is 56.3 Å². The summed E-state index contributed by atoms with van der Waals surface area (Å²) in [6.07, 6.45) is 0. The maximum Gasteiger partial charge on any atom is 0.296 e. The number of ether oxygens (including phenoxy) is 1. The monoisotopic (exact) mass is 476 g/mol. The Labute approximate surface area is 198 Å². The van der Waals surface area contributed by atoms with Crippen LogP contribution in [0.15, 0.2) is 71.3 Å². The topological polar surface area (TPSA) is 79.7 Å². The van der Waals surface area contributed by atoms with E-state index >= 15 is 0 Å². The first-order valence-corrected chi connectivity index (χ1v) is 12.1. The molecule has 0 unspecified atom stereocenters. The zero-order chi connectivity index (χ0) is 23.1. The van der Waals surface area contributed by atoms with E-state index < -0.39 is 17.7 Å². The standard InChI is InChI=1S/C25H20N2O4S2/c1-3-31-16-10-11-17-19(13-16)33-25(26-17)27-21(15-8-6-14(2)7-9-15)20(23(29)24(27)30)22(28)18-5-4-12-32-18/h4-13,21,29H,3H2,1-2H3/t21-/m0/s1. The second kappa shape index (κ2) is 8.46. The van der Waals surface area contributed by atoms with Crippen LogP contribution in [0.1, 0.15) is 33.8 Å². The van der Waals surface area contributed by atoms with Crippen LogP contribution < -0.4 is 9.64 Å². The lowest BCUT2D eigenvalue weighted by molar-refractivity contribution is -0.117. The Hall–Kier alpha value is -3.49. The van der Waals surface area contributed by atoms with E-state index in [-0.39, 0.29) is 11.4 Å². The summed E-state index contributed by atoms with van der Waals surface area (Å²) < 4.78 is 6.44. The molecule has 0 spiro atoms. The zero-order valence-electron chi connectivity index (χ0n) is 17.9. The van der Waals surface area contributed by atoms with Gasteiger partial charge in [0.05, 0.1) is 33.3 Å². The molecule has 0 radical (unpaired) electrons. The van der Waals surface area contributed by atoms with Crippen molar-refractivity contribution in [3.8, 4) is 5.75 Å². The third kappa shape index (κ3) is 3.71. The molecule has 2 aromatic carbocycles. The number of nitrogens with zero attached hydrogens (tertiary/aromatic N) is 2. The van der Waals surface area contributed by atoms with Crippen molar-refractivity contribution >= 4 is 49.7 Å². The van der Waals surface area contributed by atoms with Crippen molar-refractivity contribution in [2.45, 2.75) is 19.9 Å². The lowest BCUT2D eigenvalue weighted by atomic mass is 9.95. The highest BCUT2D eigenvalue weighted by molar-refractivity contribution is 7.22. The number of Topliss-reactive ketones (excluding diaryl/α,β-unsaturated/α-hetero) is 1. The highest BCUT2D eigenvalue weighted by Crippen LogP contribution is 2.44. The van der Waals surface area contributed by atoms with Gasteiger partial charge in [-0.3, -0.25) is 14.5 Å². The Kier molecular flexibility index (Phi) is 5.47. The minimum absolute atomic E-state index is 0.0700. The summed E-state index contributed by atoms with van der Waals surface area (Å²) in [6.45, 7) is 4.43. The van der Waals surface area contributed by atoms with Crippen LogP contribution in [0.3, 0.4) is 0 Å². The summed E-state index contributed by atoms with van der Waals surface area (Å²) in [5.41, 5.74) is 2.57. The fourth-order valence-corrected chi connectivity index (χ4v) is 5.59. The number of aliphatic hydroxyl groups is 1. The van der Waals surface area contributed by atoms with Gasteiger partial charge in [0.15, 0.2) is 10.9 Å². The number of ketones is 1. The molecule has 5 rings (SSSR count). The quantitative estimate of drug-likeness (QED) is 0.353. The minimum Gasteiger partial charge on any atom is -0.503 e. The van der Waals surface area contributed by atoms with Gasteiger partial charge in [-0.2, -0.15) is 0 Å². The van der Waals surface area contributed by atoms with Crippen molar-refractivity contribution in [3.63, 3.8) is 0 Å². The third-order valence-electron chi connectivity index (χ3n) is 5.46. The van der Waals surface area contributed by atoms with E-state index in [0.717, 1.165) is 21.6 Å². The van der Waals surface area contributed by atoms with Gasteiger partial charge in [-0.05, 0) is 49.1 Å². The van der Waals surface area contributed by atoms with Crippen LogP contribution in [0.2, 0.25) is 0 Å². The Morgan fingerprint density at radius 3 is 2.67 bits per heavy atom. The van der Waals surface area contributed by atoms with Crippen molar-refractivity contribution in [1.82, 2.24) is 4.98 Å². The summed E-state index contributed by atoms with van der Waals surface area (Å²) in [7, 11) is 0. The number of hydrogen-bond acceptors (Lipinski definition) is 7. The van der Waals surface area contributed by atoms with Crippen molar-refractivity contribution in [3.05, 3.63) is 87.3 Å². The van der Waals surface area contributed by atoms with E-state index in [4.69, 9.17) is 4.74 Å². The molecule has 0 saturated carbocycles. The van der Waals surface area contributed by atoms with E-state index in [2.05, 4.69) is 4.98 Å². The van der Waals surface area contributed by atoms with Gasteiger partial charge in [0.1, 0.15) is 5.75 Å². The fourth-order valence-electron chi connectivity index (χ4n) is 3.89. The molecule has 166 valence electrons. The largest absolute Gasteiger partial charge is 0.503 e. The Morgan fingerprint density at radius 1 is 1.18 bits per heavy atom. The Bertz CT molecular complexity index is 1390. The predicted molar refractivity (Wildman–Crippen MR) is 130 cm³/mol. The number of carbonyl (C=O) groups excluding carboxylic acids is 2. The predicted octanol–water partition coefficient (Wildman–Crippen LogP) is 5.85. The Morgan fingerprint density at radius 2 is 1.97 bits per heavy atom. The lowest BCUT2D eigenvalue weighted by Crippen LogP contribution is -2.30. The lowest BCUT2D eigenvalue weighted by Gasteiger charge is -2.24. The SMILES string of the molecule is CCOc1ccc2nc(N3C(=O)C(O)=C(C(=O)c4cccs4)[C@@H]3c3ccc(C)cc3)sc2c1. The van der Waals surface area contributed by atoms with E-state index in [0.29, 0.717) is 22.1 Å². The number of amides is 1. The molecule has 0 saturated heterocycles. The molecule has 33 heavy (non-hydrogen) atoms. The van der Waals surface area contributed by atoms with Crippen molar-refractivity contribution in [2.75, 3.05) is 11.5 Å². The van der Waals surface area contributed by atoms with Gasteiger partial charge >= 0.3 is 0 Å². The second-order valence-corrected chi connectivity index (χ2v) is 9.57. The average molecular weight is 477 g/mol. The third-order valence-corrected chi connectivity index (χ3v) is 7.34. The van der Waals surface area contributed by atoms with Crippen molar-refractivity contribution in [2.24, 2.45) is 0 Å². The molecule has 1 atom stereocenters. The maximum absolute atomic E-state index is 13.4. The zero-order valence-corrected chi connectivity index (χ0v) is 19.6. The van der Waals surface area contributed by atoms with Gasteiger partial charge in [0.25, 0.3) is 5.91 Å². The van der Waals surface area contributed by atoms with Crippen molar-refractivity contribution in [1.29, 1.82) is 0 Å². The van der Waals surface area contributed by atoms with Gasteiger partial charge in [0.2, 0.25) is 5.78 Å². The van der Waals surface area contributed by atoms with Gasteiger partial charge < -0.3 is 9.84 Å². The van der Waals surface area contributed by atoms with Crippen LogP contribution in [0.5, 0.6) is 5.75 Å². The molecule has 2 aromatic heterocycles. The number of thiazole rings is 1. The summed E-state index contributed by atoms with van der Waals surface area (Å²) >= 11 is 2.60. The molecule has 1 amide bonds. The van der Waals surface area contributed by atoms with Gasteiger partial charge in [-0.15, -0.1) is 11.3 Å². The van der Waals surface area contributed by atoms with E-state index in [1.165, 1.54) is 27.6 Å². The first kappa shape index (κ1) is 21.4. The number of carbonyl (C=O) groups is 2. The molecule has 0 fully saturated rings. The van der Waals surface area contributed by atoms with Crippen LogP contribution >= 0.6 is 22.7 Å². The number of aliphatic hydroxyl groups excluding tert-OH is 1. The van der Waals surface area contributed by atoms with Crippen molar-refractivity contribution < 1.29 is 19.4 Å². The Balaban J connectivity index is 1.64. The van der Waals surface area contributed by atoms with E-state index in [1.54, 1.807) is 17.5 Å². The fraction of sp³-hybridized carbons (Fsp3) is 0.160. The number of rotatable bonds is 6. The summed E-state index contributed by atoms with van der Waals surface area (Å²) in [5, 5.41) is 13.1. The van der Waals surface area contributed by atoms with Crippen LogP contribution in [0, 0.1) is 6.92 Å². The average Bonchev–Trinajstić information content (AvgIpc) is 3.53. The molecule has 3 heterocycles. The molecule has 6 nitrogen and oxygen atoms in total. The molecule has 0 aliphatic carbocycles. The molecule has 1 N–H and O–H groups in total. The van der Waals surface area contributed by atoms with E-state index in [9.17, 15) is 14.7 Å². The van der Waals surface area contributed by atoms with Crippen LogP contribution in [-0.2, 0) is 4.79 Å². The molecule has 0 bridgehead atoms.